The number of ether oxygens (including phenoxy) is 1. The van der Waals surface area contributed by atoms with Crippen LogP contribution in [-0.2, 0) is 16.1 Å². The Labute approximate surface area is 232 Å². The summed E-state index contributed by atoms with van der Waals surface area (Å²) in [6, 6.07) is 9.94. The van der Waals surface area contributed by atoms with Gasteiger partial charge >= 0.3 is 12.2 Å². The van der Waals surface area contributed by atoms with Gasteiger partial charge in [0.1, 0.15) is 12.2 Å². The Balaban J connectivity index is 1.27. The molecule has 3 heterocycles. The van der Waals surface area contributed by atoms with Crippen molar-refractivity contribution in [2.45, 2.75) is 32.0 Å². The minimum atomic E-state index is -4.47. The number of hydrogen-bond acceptors (Lipinski definition) is 6. The van der Waals surface area contributed by atoms with Gasteiger partial charge in [-0.1, -0.05) is 12.1 Å². The Hall–Kier alpha value is -3.19. The molecule has 0 saturated carbocycles. The molecular formula is C28H37F3N6O3. The molecular weight excluding hydrogens is 525 g/mol. The summed E-state index contributed by atoms with van der Waals surface area (Å²) < 4.78 is 44.1. The van der Waals surface area contributed by atoms with Crippen molar-refractivity contribution in [2.24, 2.45) is 5.92 Å². The molecule has 2 amide bonds. The molecule has 1 aliphatic rings. The van der Waals surface area contributed by atoms with Crippen molar-refractivity contribution in [1.29, 1.82) is 0 Å². The highest BCUT2D eigenvalue weighted by Gasteiger charge is 2.27. The van der Waals surface area contributed by atoms with Crippen LogP contribution in [0.2, 0.25) is 0 Å². The van der Waals surface area contributed by atoms with Gasteiger partial charge in [0, 0.05) is 44.7 Å². The Morgan fingerprint density at radius 3 is 2.73 bits per heavy atom. The monoisotopic (exact) mass is 562 g/mol. The van der Waals surface area contributed by atoms with Crippen molar-refractivity contribution in [3.05, 3.63) is 54.4 Å². The van der Waals surface area contributed by atoms with E-state index in [1.54, 1.807) is 36.8 Å². The number of likely N-dealkylation sites (tertiary alicyclic amines) is 1. The van der Waals surface area contributed by atoms with Gasteiger partial charge in [-0.25, -0.2) is 9.78 Å². The van der Waals surface area contributed by atoms with E-state index in [0.717, 1.165) is 55.1 Å². The summed E-state index contributed by atoms with van der Waals surface area (Å²) in [5.74, 6) is 0.690. The van der Waals surface area contributed by atoms with Crippen LogP contribution in [0.15, 0.2) is 48.8 Å². The number of methoxy groups -OCH3 is 1. The van der Waals surface area contributed by atoms with E-state index in [1.807, 2.05) is 40.9 Å². The molecule has 2 aromatic heterocycles. The van der Waals surface area contributed by atoms with Crippen molar-refractivity contribution in [3.63, 3.8) is 0 Å². The second kappa shape index (κ2) is 13.9. The third kappa shape index (κ3) is 8.91. The fourth-order valence-electron chi connectivity index (χ4n) is 4.84. The maximum Gasteiger partial charge on any atom is 0.405 e. The van der Waals surface area contributed by atoms with E-state index in [9.17, 15) is 18.0 Å². The SMILES string of the molecule is COCCN1CCC(CCON(C)Cc2ccn3c(-c4cccc(NC(=O)NCC(F)(F)F)c4)cnc3c2)CC1. The number of fused-ring (bicyclic) bond motifs is 1. The van der Waals surface area contributed by atoms with E-state index in [2.05, 4.69) is 15.2 Å². The molecule has 1 fully saturated rings. The van der Waals surface area contributed by atoms with Crippen LogP contribution in [0.3, 0.4) is 0 Å². The van der Waals surface area contributed by atoms with Crippen LogP contribution in [0.5, 0.6) is 0 Å². The smallest absolute Gasteiger partial charge is 0.383 e. The summed E-state index contributed by atoms with van der Waals surface area (Å²) in [7, 11) is 3.67. The van der Waals surface area contributed by atoms with Crippen molar-refractivity contribution in [2.75, 3.05) is 58.9 Å². The maximum absolute atomic E-state index is 12.4. The average Bonchev–Trinajstić information content (AvgIpc) is 3.34. The molecule has 0 bridgehead atoms. The van der Waals surface area contributed by atoms with Crippen molar-refractivity contribution in [1.82, 2.24) is 24.7 Å². The van der Waals surface area contributed by atoms with Crippen LogP contribution in [0, 0.1) is 5.92 Å². The minimum Gasteiger partial charge on any atom is -0.383 e. The number of amides is 2. The fraction of sp³-hybridized carbons (Fsp3) is 0.500. The molecule has 0 aliphatic carbocycles. The molecule has 2 N–H and O–H groups in total. The number of aromatic nitrogens is 2. The van der Waals surface area contributed by atoms with Crippen LogP contribution in [0.25, 0.3) is 16.9 Å². The number of hydroxylamine groups is 2. The second-order valence-electron chi connectivity index (χ2n) is 10.1. The van der Waals surface area contributed by atoms with Crippen LogP contribution < -0.4 is 10.6 Å². The van der Waals surface area contributed by atoms with E-state index in [-0.39, 0.29) is 0 Å². The third-order valence-corrected chi connectivity index (χ3v) is 7.01. The zero-order valence-electron chi connectivity index (χ0n) is 22.9. The molecule has 0 spiro atoms. The summed E-state index contributed by atoms with van der Waals surface area (Å²) in [6.45, 7) is 3.92. The maximum atomic E-state index is 12.4. The fourth-order valence-corrected chi connectivity index (χ4v) is 4.84. The Kier molecular flexibility index (Phi) is 10.4. The Morgan fingerprint density at radius 1 is 1.18 bits per heavy atom. The summed E-state index contributed by atoms with van der Waals surface area (Å²) >= 11 is 0. The number of nitrogens with zero attached hydrogens (tertiary/aromatic N) is 4. The van der Waals surface area contributed by atoms with Gasteiger partial charge in [-0.3, -0.25) is 9.24 Å². The van der Waals surface area contributed by atoms with E-state index in [1.165, 1.54) is 12.8 Å². The quantitative estimate of drug-likeness (QED) is 0.309. The number of carbonyl (C=O) groups excluding carboxylic acids is 1. The lowest BCUT2D eigenvalue weighted by Crippen LogP contribution is -2.36. The minimum absolute atomic E-state index is 0.374. The number of imidazole rings is 1. The lowest BCUT2D eigenvalue weighted by Gasteiger charge is -2.31. The lowest BCUT2D eigenvalue weighted by atomic mass is 9.94. The topological polar surface area (TPSA) is 83.4 Å². The molecule has 0 unspecified atom stereocenters. The first kappa shape index (κ1) is 29.8. The van der Waals surface area contributed by atoms with Crippen molar-refractivity contribution in [3.8, 4) is 11.3 Å². The molecule has 12 heteroatoms. The number of carbonyl (C=O) groups is 1. The summed E-state index contributed by atoms with van der Waals surface area (Å²) in [6.07, 6.45) is 2.61. The van der Waals surface area contributed by atoms with Gasteiger partial charge in [-0.05, 0) is 68.1 Å². The molecule has 1 aliphatic heterocycles. The van der Waals surface area contributed by atoms with Gasteiger partial charge in [0.15, 0.2) is 0 Å². The number of pyridine rings is 1. The number of halogens is 3. The molecule has 4 rings (SSSR count). The highest BCUT2D eigenvalue weighted by Crippen LogP contribution is 2.25. The van der Waals surface area contributed by atoms with Gasteiger partial charge in [-0.2, -0.15) is 18.2 Å². The van der Waals surface area contributed by atoms with Crippen molar-refractivity contribution >= 4 is 17.4 Å². The van der Waals surface area contributed by atoms with E-state index in [4.69, 9.17) is 9.57 Å². The third-order valence-electron chi connectivity index (χ3n) is 7.01. The Bertz CT molecular complexity index is 1240. The number of anilines is 1. The molecule has 3 aromatic rings. The highest BCUT2D eigenvalue weighted by molar-refractivity contribution is 5.90. The number of hydrogen-bond donors (Lipinski definition) is 2. The first-order valence-electron chi connectivity index (χ1n) is 13.4. The molecule has 0 atom stereocenters. The van der Waals surface area contributed by atoms with Gasteiger partial charge in [0.25, 0.3) is 0 Å². The Morgan fingerprint density at radius 2 is 1.98 bits per heavy atom. The predicted molar refractivity (Wildman–Crippen MR) is 147 cm³/mol. The number of piperidine rings is 1. The first-order chi connectivity index (χ1) is 19.2. The van der Waals surface area contributed by atoms with E-state index >= 15 is 0 Å². The second-order valence-corrected chi connectivity index (χ2v) is 10.1. The standard InChI is InChI=1S/C28H37F3N6O3/c1-35(40-14-9-21-6-10-36(11-7-21)13-15-39-2)19-22-8-12-37-25(18-32-26(37)16-22)23-4-3-5-24(17-23)34-27(38)33-20-28(29,30)31/h3-5,8,12,16-18,21H,6-7,9-11,13-15,19-20H2,1-2H3,(H2,33,34,38). The number of rotatable bonds is 12. The first-order valence-corrected chi connectivity index (χ1v) is 13.4. The molecule has 9 nitrogen and oxygen atoms in total. The highest BCUT2D eigenvalue weighted by atomic mass is 19.4. The van der Waals surface area contributed by atoms with Crippen LogP contribution in [-0.4, -0.2) is 85.1 Å². The zero-order valence-corrected chi connectivity index (χ0v) is 22.9. The van der Waals surface area contributed by atoms with Gasteiger partial charge in [0.05, 0.1) is 25.1 Å². The van der Waals surface area contributed by atoms with E-state index < -0.39 is 18.8 Å². The molecule has 40 heavy (non-hydrogen) atoms. The zero-order chi connectivity index (χ0) is 28.5. The van der Waals surface area contributed by atoms with E-state index in [0.29, 0.717) is 24.8 Å². The summed E-state index contributed by atoms with van der Waals surface area (Å²) in [5.41, 5.74) is 3.73. The normalized spacial score (nSPS) is 15.2. The summed E-state index contributed by atoms with van der Waals surface area (Å²) in [4.78, 5) is 24.8. The van der Waals surface area contributed by atoms with Gasteiger partial charge in [-0.15, -0.1) is 0 Å². The number of nitrogens with one attached hydrogen (secondary N) is 2. The largest absolute Gasteiger partial charge is 0.405 e. The summed E-state index contributed by atoms with van der Waals surface area (Å²) in [5, 5.41) is 6.09. The number of benzene rings is 1. The lowest BCUT2D eigenvalue weighted by molar-refractivity contribution is -0.150. The average molecular weight is 563 g/mol. The van der Waals surface area contributed by atoms with Gasteiger partial charge in [0.2, 0.25) is 0 Å². The molecule has 1 aromatic carbocycles. The van der Waals surface area contributed by atoms with Crippen LogP contribution in [0.1, 0.15) is 24.8 Å². The number of alkyl halides is 3. The van der Waals surface area contributed by atoms with Gasteiger partial charge < -0.3 is 20.3 Å². The molecule has 218 valence electrons. The predicted octanol–water partition coefficient (Wildman–Crippen LogP) is 4.80. The molecule has 0 radical (unpaired) electrons. The molecule has 1 saturated heterocycles. The number of urea groups is 1. The van der Waals surface area contributed by atoms with Crippen molar-refractivity contribution < 1.29 is 27.5 Å². The van der Waals surface area contributed by atoms with Crippen LogP contribution in [0.4, 0.5) is 23.7 Å². The van der Waals surface area contributed by atoms with Crippen LogP contribution >= 0.6 is 0 Å².